The van der Waals surface area contributed by atoms with Gasteiger partial charge in [-0.05, 0) is 6.92 Å². The van der Waals surface area contributed by atoms with Crippen molar-refractivity contribution in [1.82, 2.24) is 4.90 Å². The van der Waals surface area contributed by atoms with Crippen LogP contribution in [0.3, 0.4) is 0 Å². The van der Waals surface area contributed by atoms with Crippen molar-refractivity contribution in [2.75, 3.05) is 13.1 Å². The molecule has 4 heteroatoms. The summed E-state index contributed by atoms with van der Waals surface area (Å²) < 4.78 is 0. The third-order valence-corrected chi connectivity index (χ3v) is 3.67. The normalized spacial score (nSPS) is 32.8. The van der Waals surface area contributed by atoms with Crippen LogP contribution in [0.25, 0.3) is 0 Å². The summed E-state index contributed by atoms with van der Waals surface area (Å²) in [5.74, 6) is 0.284. The average Bonchev–Trinajstić information content (AvgIpc) is 2.01. The van der Waals surface area contributed by atoms with E-state index >= 15 is 0 Å². The first-order valence-electron chi connectivity index (χ1n) is 4.74. The highest BCUT2D eigenvalue weighted by atomic mass is 32.2. The second-order valence-corrected chi connectivity index (χ2v) is 5.72. The zero-order valence-electron chi connectivity index (χ0n) is 8.58. The fourth-order valence-electron chi connectivity index (χ4n) is 1.73. The van der Waals surface area contributed by atoms with Crippen LogP contribution < -0.4 is 5.73 Å². The molecular formula is C9H19N3S. The van der Waals surface area contributed by atoms with Gasteiger partial charge in [0.05, 0.1) is 6.04 Å². The molecule has 1 aliphatic rings. The molecule has 0 spiro atoms. The molecule has 1 saturated heterocycles. The van der Waals surface area contributed by atoms with Gasteiger partial charge in [-0.1, -0.05) is 13.8 Å². The molecule has 0 amide bonds. The molecule has 0 saturated carbocycles. The minimum atomic E-state index is 0.103. The van der Waals surface area contributed by atoms with Crippen LogP contribution in [0, 0.1) is 5.41 Å². The molecule has 0 aromatic rings. The van der Waals surface area contributed by atoms with Crippen molar-refractivity contribution in [3.8, 4) is 0 Å². The van der Waals surface area contributed by atoms with Crippen LogP contribution in [0.1, 0.15) is 20.8 Å². The lowest BCUT2D eigenvalue weighted by atomic mass is 10.2. The van der Waals surface area contributed by atoms with E-state index in [0.29, 0.717) is 10.5 Å². The maximum Gasteiger partial charge on any atom is 0.108 e. The predicted molar refractivity (Wildman–Crippen MR) is 59.5 cm³/mol. The molecule has 0 aliphatic carbocycles. The first kappa shape index (κ1) is 10.9. The Hall–Kier alpha value is -0.220. The van der Waals surface area contributed by atoms with E-state index in [1.807, 2.05) is 18.7 Å². The lowest BCUT2D eigenvalue weighted by Gasteiger charge is -2.37. The first-order valence-corrected chi connectivity index (χ1v) is 5.68. The SMILES string of the molecule is CC1CN(C(C)C(=N)N)CC(C)S1. The summed E-state index contributed by atoms with van der Waals surface area (Å²) in [6.07, 6.45) is 0. The van der Waals surface area contributed by atoms with Crippen molar-refractivity contribution >= 4 is 17.6 Å². The number of thioether (sulfide) groups is 1. The Bertz CT molecular complexity index is 185. The molecule has 3 nitrogen and oxygen atoms in total. The molecule has 3 unspecified atom stereocenters. The van der Waals surface area contributed by atoms with Crippen molar-refractivity contribution in [3.05, 3.63) is 0 Å². The molecule has 1 rings (SSSR count). The van der Waals surface area contributed by atoms with E-state index < -0.39 is 0 Å². The summed E-state index contributed by atoms with van der Waals surface area (Å²) >= 11 is 2.02. The summed E-state index contributed by atoms with van der Waals surface area (Å²) in [6.45, 7) is 8.59. The highest BCUT2D eigenvalue weighted by Gasteiger charge is 2.26. The topological polar surface area (TPSA) is 53.1 Å². The van der Waals surface area contributed by atoms with Crippen LogP contribution in [0.15, 0.2) is 0 Å². The summed E-state index contributed by atoms with van der Waals surface area (Å²) in [5, 5.41) is 8.71. The zero-order valence-corrected chi connectivity index (χ0v) is 9.40. The maximum atomic E-state index is 7.40. The van der Waals surface area contributed by atoms with Gasteiger partial charge in [-0.25, -0.2) is 0 Å². The summed E-state index contributed by atoms with van der Waals surface area (Å²) in [4.78, 5) is 2.30. The molecule has 0 bridgehead atoms. The lowest BCUT2D eigenvalue weighted by Crippen LogP contribution is -2.50. The number of nitrogens with two attached hydrogens (primary N) is 1. The first-order chi connectivity index (χ1) is 6.00. The molecule has 0 aromatic heterocycles. The Labute approximate surface area is 84.6 Å². The zero-order chi connectivity index (χ0) is 10.0. The van der Waals surface area contributed by atoms with E-state index in [1.165, 1.54) is 0 Å². The van der Waals surface area contributed by atoms with Gasteiger partial charge in [0, 0.05) is 23.6 Å². The van der Waals surface area contributed by atoms with E-state index in [0.717, 1.165) is 13.1 Å². The third kappa shape index (κ3) is 2.88. The number of rotatable bonds is 2. The van der Waals surface area contributed by atoms with Gasteiger partial charge in [0.15, 0.2) is 0 Å². The van der Waals surface area contributed by atoms with Crippen molar-refractivity contribution in [2.24, 2.45) is 5.73 Å². The van der Waals surface area contributed by atoms with E-state index in [9.17, 15) is 0 Å². The van der Waals surface area contributed by atoms with Gasteiger partial charge in [0.2, 0.25) is 0 Å². The molecule has 0 radical (unpaired) electrons. The van der Waals surface area contributed by atoms with Crippen LogP contribution in [-0.2, 0) is 0 Å². The second kappa shape index (κ2) is 4.33. The molecular weight excluding hydrogens is 182 g/mol. The fourth-order valence-corrected chi connectivity index (χ4v) is 3.08. The minimum absolute atomic E-state index is 0.103. The van der Waals surface area contributed by atoms with Gasteiger partial charge in [-0.2, -0.15) is 11.8 Å². The Morgan fingerprint density at radius 2 is 1.92 bits per heavy atom. The van der Waals surface area contributed by atoms with Crippen LogP contribution >= 0.6 is 11.8 Å². The minimum Gasteiger partial charge on any atom is -0.386 e. The quantitative estimate of drug-likeness (QED) is 0.520. The molecule has 3 N–H and O–H groups in total. The van der Waals surface area contributed by atoms with Crippen LogP contribution in [0.5, 0.6) is 0 Å². The molecule has 1 heterocycles. The summed E-state index contributed by atoms with van der Waals surface area (Å²) in [6, 6.07) is 0.103. The summed E-state index contributed by atoms with van der Waals surface area (Å²) in [5.41, 5.74) is 5.49. The van der Waals surface area contributed by atoms with Gasteiger partial charge < -0.3 is 5.73 Å². The predicted octanol–water partition coefficient (Wildman–Crippen LogP) is 1.14. The Kier molecular flexibility index (Phi) is 3.62. The van der Waals surface area contributed by atoms with Crippen LogP contribution in [0.4, 0.5) is 0 Å². The molecule has 1 aliphatic heterocycles. The van der Waals surface area contributed by atoms with E-state index in [4.69, 9.17) is 11.1 Å². The van der Waals surface area contributed by atoms with Crippen molar-refractivity contribution in [3.63, 3.8) is 0 Å². The molecule has 3 atom stereocenters. The smallest absolute Gasteiger partial charge is 0.108 e. The summed E-state index contributed by atoms with van der Waals surface area (Å²) in [7, 11) is 0. The molecule has 13 heavy (non-hydrogen) atoms. The van der Waals surface area contributed by atoms with Crippen LogP contribution in [0.2, 0.25) is 0 Å². The third-order valence-electron chi connectivity index (χ3n) is 2.45. The highest BCUT2D eigenvalue weighted by molar-refractivity contribution is 8.00. The lowest BCUT2D eigenvalue weighted by molar-refractivity contribution is 0.249. The monoisotopic (exact) mass is 201 g/mol. The number of nitrogens with one attached hydrogen (secondary N) is 1. The van der Waals surface area contributed by atoms with Crippen molar-refractivity contribution in [1.29, 1.82) is 5.41 Å². The van der Waals surface area contributed by atoms with Gasteiger partial charge in [-0.15, -0.1) is 0 Å². The Balaban J connectivity index is 2.54. The van der Waals surface area contributed by atoms with Gasteiger partial charge >= 0.3 is 0 Å². The van der Waals surface area contributed by atoms with Crippen molar-refractivity contribution in [2.45, 2.75) is 37.3 Å². The molecule has 1 fully saturated rings. The molecule has 0 aromatic carbocycles. The number of amidine groups is 1. The fraction of sp³-hybridized carbons (Fsp3) is 0.889. The van der Waals surface area contributed by atoms with Gasteiger partial charge in [-0.3, -0.25) is 10.3 Å². The van der Waals surface area contributed by atoms with Gasteiger partial charge in [0.1, 0.15) is 5.84 Å². The Morgan fingerprint density at radius 3 is 2.31 bits per heavy atom. The number of nitrogens with zero attached hydrogens (tertiary/aromatic N) is 1. The average molecular weight is 201 g/mol. The van der Waals surface area contributed by atoms with Crippen LogP contribution in [-0.4, -0.2) is 40.4 Å². The highest BCUT2D eigenvalue weighted by Crippen LogP contribution is 2.25. The van der Waals surface area contributed by atoms with E-state index in [1.54, 1.807) is 0 Å². The van der Waals surface area contributed by atoms with E-state index in [-0.39, 0.29) is 11.9 Å². The molecule has 76 valence electrons. The Morgan fingerprint density at radius 1 is 1.46 bits per heavy atom. The number of hydrogen-bond donors (Lipinski definition) is 2. The second-order valence-electron chi connectivity index (χ2n) is 3.84. The van der Waals surface area contributed by atoms with Gasteiger partial charge in [0.25, 0.3) is 0 Å². The maximum absolute atomic E-state index is 7.40. The van der Waals surface area contributed by atoms with E-state index in [2.05, 4.69) is 18.7 Å². The largest absolute Gasteiger partial charge is 0.386 e. The standard InChI is InChI=1S/C9H19N3S/c1-6-4-12(5-7(2)13-6)8(3)9(10)11/h6-8H,4-5H2,1-3H3,(H3,10,11). The number of hydrogen-bond acceptors (Lipinski definition) is 3. The van der Waals surface area contributed by atoms with Crippen molar-refractivity contribution < 1.29 is 0 Å².